The number of aryl methyl sites for hydroxylation is 2. The van der Waals surface area contributed by atoms with Crippen LogP contribution in [0.15, 0.2) is 23.6 Å². The largest absolute Gasteiger partial charge is 0.388 e. The number of aliphatic hydroxyl groups excluding tert-OH is 1. The summed E-state index contributed by atoms with van der Waals surface area (Å²) in [6, 6.07) is 5.64. The minimum atomic E-state index is -0.544. The Hall–Kier alpha value is -0.900. The number of rotatable bonds is 3. The first-order valence-corrected chi connectivity index (χ1v) is 6.66. The van der Waals surface area contributed by atoms with E-state index in [1.165, 1.54) is 0 Å². The zero-order valence-corrected chi connectivity index (χ0v) is 11.3. The second-order valence-electron chi connectivity index (χ2n) is 4.16. The van der Waals surface area contributed by atoms with Crippen LogP contribution < -0.4 is 0 Å². The van der Waals surface area contributed by atoms with Crippen LogP contribution in [-0.2, 0) is 6.42 Å². The average molecular weight is 268 g/mol. The van der Waals surface area contributed by atoms with Gasteiger partial charge in [-0.15, -0.1) is 11.3 Å². The van der Waals surface area contributed by atoms with E-state index in [1.807, 2.05) is 31.4 Å². The number of aliphatic hydroxyl groups is 1. The molecule has 1 atom stereocenters. The molecule has 1 aromatic carbocycles. The first kappa shape index (κ1) is 12.6. The first-order chi connectivity index (χ1) is 8.04. The van der Waals surface area contributed by atoms with Crippen molar-refractivity contribution in [3.05, 3.63) is 50.4 Å². The summed E-state index contributed by atoms with van der Waals surface area (Å²) in [6.45, 7) is 3.92. The summed E-state index contributed by atoms with van der Waals surface area (Å²) in [6.07, 6.45) is -0.00360. The van der Waals surface area contributed by atoms with Crippen LogP contribution >= 0.6 is 22.9 Å². The van der Waals surface area contributed by atoms with Crippen LogP contribution in [0.3, 0.4) is 0 Å². The average Bonchev–Trinajstić information content (AvgIpc) is 2.62. The van der Waals surface area contributed by atoms with E-state index in [2.05, 4.69) is 4.98 Å². The monoisotopic (exact) mass is 267 g/mol. The molecular formula is C13H14ClNOS. The lowest BCUT2D eigenvalue weighted by Gasteiger charge is -2.10. The van der Waals surface area contributed by atoms with Gasteiger partial charge in [0.1, 0.15) is 0 Å². The number of aromatic nitrogens is 1. The smallest absolute Gasteiger partial charge is 0.0957 e. The second-order valence-corrected chi connectivity index (χ2v) is 5.54. The molecule has 0 fully saturated rings. The zero-order valence-electron chi connectivity index (χ0n) is 9.77. The molecule has 0 aliphatic heterocycles. The van der Waals surface area contributed by atoms with Crippen molar-refractivity contribution in [3.63, 3.8) is 0 Å². The molecule has 0 saturated heterocycles. The molecule has 0 amide bonds. The SMILES string of the molecule is Cc1cc(Cl)cc(C(O)Cc2nc(C)cs2)c1. The molecule has 0 radical (unpaired) electrons. The number of benzene rings is 1. The summed E-state index contributed by atoms with van der Waals surface area (Å²) in [5, 5.41) is 13.7. The first-order valence-electron chi connectivity index (χ1n) is 5.41. The van der Waals surface area contributed by atoms with E-state index in [-0.39, 0.29) is 0 Å². The Labute approximate surface area is 110 Å². The van der Waals surface area contributed by atoms with E-state index in [9.17, 15) is 5.11 Å². The predicted molar refractivity (Wildman–Crippen MR) is 71.7 cm³/mol. The van der Waals surface area contributed by atoms with Crippen molar-refractivity contribution < 1.29 is 5.11 Å². The van der Waals surface area contributed by atoms with Gasteiger partial charge in [0.25, 0.3) is 0 Å². The van der Waals surface area contributed by atoms with Gasteiger partial charge in [0.15, 0.2) is 0 Å². The van der Waals surface area contributed by atoms with Gasteiger partial charge in [-0.3, -0.25) is 0 Å². The third-order valence-corrected chi connectivity index (χ3v) is 3.69. The Bertz CT molecular complexity index is 504. The maximum atomic E-state index is 10.1. The Morgan fingerprint density at radius 3 is 2.71 bits per heavy atom. The summed E-state index contributed by atoms with van der Waals surface area (Å²) < 4.78 is 0. The van der Waals surface area contributed by atoms with Crippen molar-refractivity contribution in [2.24, 2.45) is 0 Å². The quantitative estimate of drug-likeness (QED) is 0.920. The lowest BCUT2D eigenvalue weighted by atomic mass is 10.0. The molecule has 2 aromatic rings. The maximum absolute atomic E-state index is 10.1. The van der Waals surface area contributed by atoms with Crippen LogP contribution in [0.25, 0.3) is 0 Å². The van der Waals surface area contributed by atoms with Gasteiger partial charge in [0.05, 0.1) is 11.1 Å². The molecule has 17 heavy (non-hydrogen) atoms. The number of halogens is 1. The van der Waals surface area contributed by atoms with Crippen LogP contribution in [0.1, 0.15) is 27.9 Å². The Kier molecular flexibility index (Phi) is 3.82. The summed E-state index contributed by atoms with van der Waals surface area (Å²) in [5.74, 6) is 0. The topological polar surface area (TPSA) is 33.1 Å². The zero-order chi connectivity index (χ0) is 12.4. The molecule has 0 saturated carbocycles. The molecule has 1 unspecified atom stereocenters. The van der Waals surface area contributed by atoms with Crippen molar-refractivity contribution in [2.75, 3.05) is 0 Å². The van der Waals surface area contributed by atoms with Crippen LogP contribution in [0, 0.1) is 13.8 Å². The molecule has 2 nitrogen and oxygen atoms in total. The van der Waals surface area contributed by atoms with E-state index in [0.29, 0.717) is 11.4 Å². The molecule has 0 aliphatic carbocycles. The van der Waals surface area contributed by atoms with E-state index >= 15 is 0 Å². The van der Waals surface area contributed by atoms with Gasteiger partial charge in [-0.05, 0) is 37.1 Å². The van der Waals surface area contributed by atoms with Crippen LogP contribution in [0.2, 0.25) is 5.02 Å². The molecular weight excluding hydrogens is 254 g/mol. The van der Waals surface area contributed by atoms with Crippen molar-refractivity contribution in [1.29, 1.82) is 0 Å². The minimum Gasteiger partial charge on any atom is -0.388 e. The number of nitrogens with zero attached hydrogens (tertiary/aromatic N) is 1. The number of hydrogen-bond acceptors (Lipinski definition) is 3. The van der Waals surface area contributed by atoms with Crippen molar-refractivity contribution >= 4 is 22.9 Å². The summed E-state index contributed by atoms with van der Waals surface area (Å²) >= 11 is 7.55. The highest BCUT2D eigenvalue weighted by molar-refractivity contribution is 7.09. The molecule has 4 heteroatoms. The molecule has 0 bridgehead atoms. The van der Waals surface area contributed by atoms with Crippen LogP contribution in [-0.4, -0.2) is 10.1 Å². The van der Waals surface area contributed by atoms with Gasteiger partial charge < -0.3 is 5.11 Å². The predicted octanol–water partition coefficient (Wildman–Crippen LogP) is 3.69. The molecule has 1 aromatic heterocycles. The molecule has 1 N–H and O–H groups in total. The Balaban J connectivity index is 2.16. The van der Waals surface area contributed by atoms with Gasteiger partial charge in [0, 0.05) is 22.5 Å². The summed E-state index contributed by atoms with van der Waals surface area (Å²) in [7, 11) is 0. The fraction of sp³-hybridized carbons (Fsp3) is 0.308. The highest BCUT2D eigenvalue weighted by Gasteiger charge is 2.12. The minimum absolute atomic E-state index is 0.540. The highest BCUT2D eigenvalue weighted by Crippen LogP contribution is 2.24. The standard InChI is InChI=1S/C13H14ClNOS/c1-8-3-10(5-11(14)4-8)12(16)6-13-15-9(2)7-17-13/h3-5,7,12,16H,6H2,1-2H3. The van der Waals surface area contributed by atoms with Crippen LogP contribution in [0.5, 0.6) is 0 Å². The molecule has 0 spiro atoms. The molecule has 1 heterocycles. The summed E-state index contributed by atoms with van der Waals surface area (Å²) in [5.41, 5.74) is 2.91. The second kappa shape index (κ2) is 5.17. The van der Waals surface area contributed by atoms with Gasteiger partial charge in [0.2, 0.25) is 0 Å². The van der Waals surface area contributed by atoms with E-state index in [0.717, 1.165) is 21.8 Å². The number of hydrogen-bond donors (Lipinski definition) is 1. The normalized spacial score (nSPS) is 12.7. The third kappa shape index (κ3) is 3.28. The highest BCUT2D eigenvalue weighted by atomic mass is 35.5. The third-order valence-electron chi connectivity index (χ3n) is 2.48. The van der Waals surface area contributed by atoms with Crippen molar-refractivity contribution in [3.8, 4) is 0 Å². The lowest BCUT2D eigenvalue weighted by molar-refractivity contribution is 0.178. The van der Waals surface area contributed by atoms with Crippen LogP contribution in [0.4, 0.5) is 0 Å². The van der Waals surface area contributed by atoms with E-state index in [4.69, 9.17) is 11.6 Å². The van der Waals surface area contributed by atoms with Gasteiger partial charge in [-0.1, -0.05) is 17.7 Å². The Morgan fingerprint density at radius 1 is 1.35 bits per heavy atom. The fourth-order valence-corrected chi connectivity index (χ4v) is 2.84. The molecule has 0 aliphatic rings. The maximum Gasteiger partial charge on any atom is 0.0957 e. The lowest BCUT2D eigenvalue weighted by Crippen LogP contribution is -2.02. The fourth-order valence-electron chi connectivity index (χ4n) is 1.74. The molecule has 90 valence electrons. The van der Waals surface area contributed by atoms with Gasteiger partial charge >= 0.3 is 0 Å². The van der Waals surface area contributed by atoms with Gasteiger partial charge in [-0.2, -0.15) is 0 Å². The van der Waals surface area contributed by atoms with E-state index in [1.54, 1.807) is 17.4 Å². The Morgan fingerprint density at radius 2 is 2.12 bits per heavy atom. The van der Waals surface area contributed by atoms with Gasteiger partial charge in [-0.25, -0.2) is 4.98 Å². The van der Waals surface area contributed by atoms with Crippen molar-refractivity contribution in [2.45, 2.75) is 26.4 Å². The molecule has 2 rings (SSSR count). The van der Waals surface area contributed by atoms with E-state index < -0.39 is 6.10 Å². The number of thiazole rings is 1. The summed E-state index contributed by atoms with van der Waals surface area (Å²) in [4.78, 5) is 4.35. The van der Waals surface area contributed by atoms with Crippen molar-refractivity contribution in [1.82, 2.24) is 4.98 Å².